The van der Waals surface area contributed by atoms with Gasteiger partial charge in [-0.05, 0) is 30.9 Å². The minimum absolute atomic E-state index is 0.462. The van der Waals surface area contributed by atoms with Crippen LogP contribution >= 0.6 is 23.2 Å². The zero-order chi connectivity index (χ0) is 12.9. The van der Waals surface area contributed by atoms with Crippen LogP contribution in [0.3, 0.4) is 0 Å². The Hall–Kier alpha value is -1.19. The first kappa shape index (κ1) is 11.9. The van der Waals surface area contributed by atoms with Crippen LogP contribution in [-0.2, 0) is 11.2 Å². The van der Waals surface area contributed by atoms with Crippen LogP contribution in [0.5, 0.6) is 0 Å². The predicted octanol–water partition coefficient (Wildman–Crippen LogP) is 3.98. The van der Waals surface area contributed by atoms with Crippen LogP contribution in [0.4, 0.5) is 0 Å². The Morgan fingerprint density at radius 1 is 1.39 bits per heavy atom. The van der Waals surface area contributed by atoms with E-state index >= 15 is 0 Å². The Balaban J connectivity index is 2.30. The van der Waals surface area contributed by atoms with Gasteiger partial charge in [-0.3, -0.25) is 4.79 Å². The number of aromatic nitrogens is 1. The average Bonchev–Trinajstić information content (AvgIpc) is 2.72. The standard InChI is InChI=1S/C13H11Cl2NO2/c14-9-5-4-7-6-2-1-3-8(13(17)18)11(6)16-12(7)10(9)15/h4-5,8,16H,1-3H2,(H,17,18). The molecule has 1 atom stereocenters. The van der Waals surface area contributed by atoms with Crippen LogP contribution in [-0.4, -0.2) is 16.1 Å². The van der Waals surface area contributed by atoms with Crippen LogP contribution < -0.4 is 0 Å². The number of aryl methyl sites for hydroxylation is 1. The number of halogens is 2. The van der Waals surface area contributed by atoms with E-state index in [0.717, 1.165) is 35.0 Å². The summed E-state index contributed by atoms with van der Waals surface area (Å²) in [6.07, 6.45) is 2.44. The molecule has 3 rings (SSSR count). The molecule has 0 bridgehead atoms. The fraction of sp³-hybridized carbons (Fsp3) is 0.308. The molecule has 0 saturated carbocycles. The van der Waals surface area contributed by atoms with Crippen molar-refractivity contribution in [1.82, 2.24) is 4.98 Å². The summed E-state index contributed by atoms with van der Waals surface area (Å²) in [5.74, 6) is -1.25. The lowest BCUT2D eigenvalue weighted by atomic mass is 9.87. The van der Waals surface area contributed by atoms with Gasteiger partial charge in [0.15, 0.2) is 0 Å². The van der Waals surface area contributed by atoms with Gasteiger partial charge in [0, 0.05) is 11.1 Å². The van der Waals surface area contributed by atoms with Crippen molar-refractivity contribution in [3.05, 3.63) is 33.4 Å². The molecule has 0 aliphatic heterocycles. The van der Waals surface area contributed by atoms with Crippen LogP contribution in [0, 0.1) is 0 Å². The summed E-state index contributed by atoms with van der Waals surface area (Å²) in [6, 6.07) is 3.66. The summed E-state index contributed by atoms with van der Waals surface area (Å²) in [4.78, 5) is 14.4. The van der Waals surface area contributed by atoms with Gasteiger partial charge < -0.3 is 10.1 Å². The Labute approximate surface area is 114 Å². The minimum atomic E-state index is -0.787. The molecule has 1 aromatic carbocycles. The number of benzene rings is 1. The van der Waals surface area contributed by atoms with Gasteiger partial charge in [0.05, 0.1) is 21.5 Å². The minimum Gasteiger partial charge on any atom is -0.481 e. The monoisotopic (exact) mass is 283 g/mol. The number of hydrogen-bond acceptors (Lipinski definition) is 1. The second-order valence-electron chi connectivity index (χ2n) is 4.58. The van der Waals surface area contributed by atoms with Crippen LogP contribution in [0.1, 0.15) is 30.0 Å². The molecule has 1 aliphatic carbocycles. The highest BCUT2D eigenvalue weighted by molar-refractivity contribution is 6.45. The summed E-state index contributed by atoms with van der Waals surface area (Å²) in [5, 5.41) is 11.2. The number of carbonyl (C=O) groups is 1. The summed E-state index contributed by atoms with van der Waals surface area (Å²) >= 11 is 12.1. The second-order valence-corrected chi connectivity index (χ2v) is 5.37. The zero-order valence-electron chi connectivity index (χ0n) is 9.46. The smallest absolute Gasteiger partial charge is 0.312 e. The number of H-pyrrole nitrogens is 1. The van der Waals surface area contributed by atoms with E-state index in [-0.39, 0.29) is 0 Å². The first-order valence-corrected chi connectivity index (χ1v) is 6.56. The van der Waals surface area contributed by atoms with Crippen LogP contribution in [0.2, 0.25) is 10.0 Å². The van der Waals surface area contributed by atoms with E-state index in [0.29, 0.717) is 16.5 Å². The van der Waals surface area contributed by atoms with Gasteiger partial charge >= 0.3 is 5.97 Å². The fourth-order valence-electron chi connectivity index (χ4n) is 2.72. The molecule has 1 aliphatic rings. The quantitative estimate of drug-likeness (QED) is 0.832. The highest BCUT2D eigenvalue weighted by atomic mass is 35.5. The van der Waals surface area contributed by atoms with Crippen molar-refractivity contribution in [2.75, 3.05) is 0 Å². The summed E-state index contributed by atoms with van der Waals surface area (Å²) in [6.45, 7) is 0. The Morgan fingerprint density at radius 2 is 2.17 bits per heavy atom. The Bertz CT molecular complexity index is 648. The number of rotatable bonds is 1. The second kappa shape index (κ2) is 4.18. The van der Waals surface area contributed by atoms with Crippen molar-refractivity contribution in [2.24, 2.45) is 0 Å². The molecule has 0 fully saturated rings. The number of aromatic amines is 1. The third-order valence-electron chi connectivity index (χ3n) is 3.57. The van der Waals surface area contributed by atoms with Crippen LogP contribution in [0.25, 0.3) is 10.9 Å². The molecule has 1 unspecified atom stereocenters. The molecule has 1 heterocycles. The lowest BCUT2D eigenvalue weighted by molar-refractivity contribution is -0.139. The summed E-state index contributed by atoms with van der Waals surface area (Å²) in [5.41, 5.74) is 2.61. The van der Waals surface area contributed by atoms with E-state index in [1.54, 1.807) is 6.07 Å². The van der Waals surface area contributed by atoms with Gasteiger partial charge in [-0.2, -0.15) is 0 Å². The van der Waals surface area contributed by atoms with E-state index < -0.39 is 11.9 Å². The van der Waals surface area contributed by atoms with Gasteiger partial charge in [-0.1, -0.05) is 29.3 Å². The number of nitrogens with one attached hydrogen (secondary N) is 1. The highest BCUT2D eigenvalue weighted by Crippen LogP contribution is 2.40. The molecular weight excluding hydrogens is 273 g/mol. The van der Waals surface area contributed by atoms with E-state index in [4.69, 9.17) is 23.2 Å². The third-order valence-corrected chi connectivity index (χ3v) is 4.38. The molecule has 5 heteroatoms. The van der Waals surface area contributed by atoms with Crippen molar-refractivity contribution >= 4 is 40.1 Å². The molecule has 18 heavy (non-hydrogen) atoms. The molecule has 2 aromatic rings. The highest BCUT2D eigenvalue weighted by Gasteiger charge is 2.29. The zero-order valence-corrected chi connectivity index (χ0v) is 11.0. The molecule has 1 aromatic heterocycles. The summed E-state index contributed by atoms with van der Waals surface area (Å²) in [7, 11) is 0. The topological polar surface area (TPSA) is 53.1 Å². The molecule has 3 nitrogen and oxygen atoms in total. The van der Waals surface area contributed by atoms with Gasteiger partial charge in [-0.25, -0.2) is 0 Å². The maximum absolute atomic E-state index is 11.3. The Morgan fingerprint density at radius 3 is 2.89 bits per heavy atom. The number of hydrogen-bond donors (Lipinski definition) is 2. The van der Waals surface area contributed by atoms with Crippen molar-refractivity contribution < 1.29 is 9.90 Å². The van der Waals surface area contributed by atoms with E-state index in [9.17, 15) is 9.90 Å². The fourth-order valence-corrected chi connectivity index (χ4v) is 3.09. The SMILES string of the molecule is O=C(O)C1CCCc2c1[nH]c1c(Cl)c(Cl)ccc21. The lowest BCUT2D eigenvalue weighted by Gasteiger charge is -2.18. The van der Waals surface area contributed by atoms with Crippen LogP contribution in [0.15, 0.2) is 12.1 Å². The largest absolute Gasteiger partial charge is 0.481 e. The Kier molecular flexibility index (Phi) is 2.76. The number of carboxylic acids is 1. The van der Waals surface area contributed by atoms with Crippen molar-refractivity contribution in [3.8, 4) is 0 Å². The lowest BCUT2D eigenvalue weighted by Crippen LogP contribution is -2.17. The maximum atomic E-state index is 11.3. The van der Waals surface area contributed by atoms with E-state index in [2.05, 4.69) is 4.98 Å². The summed E-state index contributed by atoms with van der Waals surface area (Å²) < 4.78 is 0. The number of aliphatic carboxylic acids is 1. The predicted molar refractivity (Wildman–Crippen MR) is 71.6 cm³/mol. The molecule has 0 amide bonds. The first-order chi connectivity index (χ1) is 8.59. The van der Waals surface area contributed by atoms with Crippen molar-refractivity contribution in [3.63, 3.8) is 0 Å². The van der Waals surface area contributed by atoms with Gasteiger partial charge in [0.1, 0.15) is 0 Å². The number of carboxylic acid groups (broad SMARTS) is 1. The molecule has 94 valence electrons. The normalized spacial score (nSPS) is 18.9. The molecule has 0 radical (unpaired) electrons. The number of fused-ring (bicyclic) bond motifs is 3. The molecular formula is C13H11Cl2NO2. The van der Waals surface area contributed by atoms with Crippen molar-refractivity contribution in [1.29, 1.82) is 0 Å². The molecule has 0 saturated heterocycles. The van der Waals surface area contributed by atoms with Gasteiger partial charge in [0.25, 0.3) is 0 Å². The molecule has 2 N–H and O–H groups in total. The van der Waals surface area contributed by atoms with E-state index in [1.807, 2.05) is 6.07 Å². The molecule has 0 spiro atoms. The average molecular weight is 284 g/mol. The maximum Gasteiger partial charge on any atom is 0.312 e. The van der Waals surface area contributed by atoms with E-state index in [1.165, 1.54) is 0 Å². The van der Waals surface area contributed by atoms with Crippen molar-refractivity contribution in [2.45, 2.75) is 25.2 Å². The van der Waals surface area contributed by atoms with Gasteiger partial charge in [0.2, 0.25) is 0 Å². The first-order valence-electron chi connectivity index (χ1n) is 5.81. The third kappa shape index (κ3) is 1.62. The van der Waals surface area contributed by atoms with Gasteiger partial charge in [-0.15, -0.1) is 0 Å².